The van der Waals surface area contributed by atoms with Crippen molar-refractivity contribution in [2.75, 3.05) is 49.1 Å². The van der Waals surface area contributed by atoms with E-state index in [1.54, 1.807) is 0 Å². The Kier molecular flexibility index (Phi) is 4.62. The number of rotatable bonds is 4. The number of anilines is 2. The summed E-state index contributed by atoms with van der Waals surface area (Å²) in [6, 6.07) is 10.6. The number of nitrogens with zero attached hydrogens (tertiary/aromatic N) is 5. The van der Waals surface area contributed by atoms with Crippen molar-refractivity contribution in [3.05, 3.63) is 48.3 Å². The fourth-order valence-corrected chi connectivity index (χ4v) is 4.25. The lowest BCUT2D eigenvalue weighted by atomic mass is 10.1. The van der Waals surface area contributed by atoms with Gasteiger partial charge in [0.05, 0.1) is 6.10 Å². The van der Waals surface area contributed by atoms with Crippen LogP contribution in [-0.2, 0) is 6.54 Å². The fraction of sp³-hybridized carbons (Fsp3) is 0.429. The molecule has 2 fully saturated rings. The van der Waals surface area contributed by atoms with E-state index >= 15 is 0 Å². The Balaban J connectivity index is 1.23. The van der Waals surface area contributed by atoms with Crippen LogP contribution in [0.15, 0.2) is 42.7 Å². The van der Waals surface area contributed by atoms with Gasteiger partial charge in [0.1, 0.15) is 5.82 Å². The number of hydrogen-bond donors (Lipinski definition) is 2. The first-order chi connectivity index (χ1) is 13.8. The van der Waals surface area contributed by atoms with E-state index in [-0.39, 0.29) is 6.10 Å². The van der Waals surface area contributed by atoms with Gasteiger partial charge in [-0.3, -0.25) is 4.90 Å². The van der Waals surface area contributed by atoms with Gasteiger partial charge in [0.2, 0.25) is 5.95 Å². The average Bonchev–Trinajstić information content (AvgIpc) is 3.38. The van der Waals surface area contributed by atoms with Crippen LogP contribution in [0.1, 0.15) is 12.0 Å². The molecule has 2 aliphatic heterocycles. The monoisotopic (exact) mass is 378 g/mol. The number of hydrogen-bond acceptors (Lipinski definition) is 6. The van der Waals surface area contributed by atoms with Crippen molar-refractivity contribution in [2.24, 2.45) is 0 Å². The summed E-state index contributed by atoms with van der Waals surface area (Å²) in [5.74, 6) is 1.72. The van der Waals surface area contributed by atoms with Gasteiger partial charge in [-0.15, -0.1) is 0 Å². The Morgan fingerprint density at radius 1 is 1.04 bits per heavy atom. The van der Waals surface area contributed by atoms with E-state index in [1.165, 1.54) is 16.5 Å². The Bertz CT molecular complexity index is 949. The summed E-state index contributed by atoms with van der Waals surface area (Å²) in [5.41, 5.74) is 2.58. The Labute approximate surface area is 164 Å². The van der Waals surface area contributed by atoms with E-state index in [0.717, 1.165) is 57.5 Å². The van der Waals surface area contributed by atoms with Crippen LogP contribution in [0.4, 0.5) is 11.8 Å². The summed E-state index contributed by atoms with van der Waals surface area (Å²) in [4.78, 5) is 19.5. The van der Waals surface area contributed by atoms with Crippen LogP contribution in [0.5, 0.6) is 0 Å². The number of H-pyrrole nitrogens is 1. The maximum absolute atomic E-state index is 9.78. The molecule has 5 rings (SSSR count). The highest BCUT2D eigenvalue weighted by Gasteiger charge is 2.24. The van der Waals surface area contributed by atoms with Gasteiger partial charge in [-0.2, -0.15) is 4.98 Å². The Morgan fingerprint density at radius 3 is 2.75 bits per heavy atom. The molecule has 2 aromatic heterocycles. The molecule has 4 heterocycles. The predicted octanol–water partition coefficient (Wildman–Crippen LogP) is 1.85. The summed E-state index contributed by atoms with van der Waals surface area (Å²) < 4.78 is 0. The topological polar surface area (TPSA) is 71.5 Å². The van der Waals surface area contributed by atoms with Gasteiger partial charge in [-0.1, -0.05) is 12.1 Å². The highest BCUT2D eigenvalue weighted by atomic mass is 16.3. The Morgan fingerprint density at radius 2 is 1.93 bits per heavy atom. The minimum atomic E-state index is -0.244. The molecule has 1 atom stereocenters. The third kappa shape index (κ3) is 3.43. The van der Waals surface area contributed by atoms with Gasteiger partial charge in [0, 0.05) is 69.1 Å². The van der Waals surface area contributed by atoms with Crippen LogP contribution in [-0.4, -0.2) is 70.3 Å². The van der Waals surface area contributed by atoms with Gasteiger partial charge < -0.3 is 19.9 Å². The molecule has 0 unspecified atom stereocenters. The molecule has 2 N–H and O–H groups in total. The van der Waals surface area contributed by atoms with Crippen molar-refractivity contribution in [3.63, 3.8) is 0 Å². The minimum absolute atomic E-state index is 0.244. The number of piperazine rings is 1. The van der Waals surface area contributed by atoms with Crippen molar-refractivity contribution in [3.8, 4) is 0 Å². The van der Waals surface area contributed by atoms with Gasteiger partial charge in [-0.25, -0.2) is 4.98 Å². The summed E-state index contributed by atoms with van der Waals surface area (Å²) in [7, 11) is 0. The number of nitrogens with one attached hydrogen (secondary N) is 1. The number of aromatic nitrogens is 3. The highest BCUT2D eigenvalue weighted by Crippen LogP contribution is 2.22. The van der Waals surface area contributed by atoms with E-state index in [1.807, 2.05) is 18.5 Å². The first-order valence-electron chi connectivity index (χ1n) is 10.0. The molecule has 2 saturated heterocycles. The number of aromatic amines is 1. The molecule has 7 nitrogen and oxygen atoms in total. The average molecular weight is 378 g/mol. The molecule has 0 amide bonds. The molecule has 146 valence electrons. The Hall–Kier alpha value is -2.64. The third-order valence-electron chi connectivity index (χ3n) is 5.85. The zero-order valence-electron chi connectivity index (χ0n) is 16.0. The molecule has 0 aliphatic carbocycles. The van der Waals surface area contributed by atoms with Crippen molar-refractivity contribution in [1.29, 1.82) is 0 Å². The molecule has 3 aromatic rings. The first kappa shape index (κ1) is 17.5. The summed E-state index contributed by atoms with van der Waals surface area (Å²) in [6.45, 7) is 6.33. The zero-order chi connectivity index (χ0) is 18.9. The number of benzene rings is 1. The molecule has 0 radical (unpaired) electrons. The van der Waals surface area contributed by atoms with Gasteiger partial charge in [-0.05, 0) is 30.2 Å². The lowest BCUT2D eigenvalue weighted by molar-refractivity contribution is 0.198. The highest BCUT2D eigenvalue weighted by molar-refractivity contribution is 5.82. The van der Waals surface area contributed by atoms with E-state index in [9.17, 15) is 5.11 Å². The summed E-state index contributed by atoms with van der Waals surface area (Å²) in [6.07, 6.45) is 4.41. The third-order valence-corrected chi connectivity index (χ3v) is 5.85. The van der Waals surface area contributed by atoms with Crippen LogP contribution in [0.3, 0.4) is 0 Å². The van der Waals surface area contributed by atoms with Crippen LogP contribution >= 0.6 is 0 Å². The van der Waals surface area contributed by atoms with Crippen LogP contribution < -0.4 is 9.80 Å². The van der Waals surface area contributed by atoms with Crippen molar-refractivity contribution in [2.45, 2.75) is 19.1 Å². The molecular formula is C21H26N6O. The van der Waals surface area contributed by atoms with E-state index in [0.29, 0.717) is 6.54 Å². The van der Waals surface area contributed by atoms with Crippen molar-refractivity contribution >= 4 is 22.7 Å². The number of fused-ring (bicyclic) bond motifs is 1. The molecule has 7 heteroatoms. The molecule has 0 bridgehead atoms. The van der Waals surface area contributed by atoms with Gasteiger partial charge >= 0.3 is 0 Å². The van der Waals surface area contributed by atoms with Crippen LogP contribution in [0.25, 0.3) is 10.9 Å². The maximum Gasteiger partial charge on any atom is 0.227 e. The van der Waals surface area contributed by atoms with Crippen molar-refractivity contribution < 1.29 is 5.11 Å². The zero-order valence-corrected chi connectivity index (χ0v) is 16.0. The number of aliphatic hydroxyl groups excluding tert-OH is 1. The fourth-order valence-electron chi connectivity index (χ4n) is 4.25. The lowest BCUT2D eigenvalue weighted by Crippen LogP contribution is -2.46. The van der Waals surface area contributed by atoms with E-state index < -0.39 is 0 Å². The quantitative estimate of drug-likeness (QED) is 0.722. The molecule has 2 aliphatic rings. The second kappa shape index (κ2) is 7.41. The second-order valence-electron chi connectivity index (χ2n) is 7.72. The second-order valence-corrected chi connectivity index (χ2v) is 7.72. The standard InChI is InChI=1S/C21H26N6O/c28-17-6-9-27(15-17)20-5-8-23-21(24-20)26-12-10-25(11-13-26)14-16-2-1-3-19-18(16)4-7-22-19/h1-5,7-8,17,22,28H,6,9-15H2/t17-/m1/s1. The van der Waals surface area contributed by atoms with Crippen molar-refractivity contribution in [1.82, 2.24) is 19.9 Å². The van der Waals surface area contributed by atoms with E-state index in [2.05, 4.69) is 48.9 Å². The predicted molar refractivity (Wildman–Crippen MR) is 111 cm³/mol. The summed E-state index contributed by atoms with van der Waals surface area (Å²) in [5, 5.41) is 11.1. The normalized spacial score (nSPS) is 21.0. The SMILES string of the molecule is O[C@@H]1CCN(c2ccnc(N3CCN(Cc4cccc5[nH]ccc45)CC3)n2)C1. The molecule has 0 spiro atoms. The largest absolute Gasteiger partial charge is 0.391 e. The van der Waals surface area contributed by atoms with Gasteiger partial charge in [0.15, 0.2) is 0 Å². The first-order valence-corrected chi connectivity index (χ1v) is 10.0. The lowest BCUT2D eigenvalue weighted by Gasteiger charge is -2.35. The molecular weight excluding hydrogens is 352 g/mol. The minimum Gasteiger partial charge on any atom is -0.391 e. The summed E-state index contributed by atoms with van der Waals surface area (Å²) >= 11 is 0. The molecule has 0 saturated carbocycles. The molecule has 28 heavy (non-hydrogen) atoms. The van der Waals surface area contributed by atoms with Crippen LogP contribution in [0, 0.1) is 0 Å². The smallest absolute Gasteiger partial charge is 0.227 e. The number of β-amino-alcohol motifs (C(OH)–C–C–N with tert-alkyl or cyclic N) is 1. The van der Waals surface area contributed by atoms with Crippen LogP contribution in [0.2, 0.25) is 0 Å². The van der Waals surface area contributed by atoms with Gasteiger partial charge in [0.25, 0.3) is 0 Å². The van der Waals surface area contributed by atoms with E-state index in [4.69, 9.17) is 4.98 Å². The maximum atomic E-state index is 9.78. The number of aliphatic hydroxyl groups is 1. The molecule has 1 aromatic carbocycles.